The van der Waals surface area contributed by atoms with Crippen LogP contribution in [0.25, 0.3) is 0 Å². The maximum Gasteiger partial charge on any atom is 0.341 e. The first-order chi connectivity index (χ1) is 8.06. The summed E-state index contributed by atoms with van der Waals surface area (Å²) in [7, 11) is 0. The molecule has 1 aromatic rings. The van der Waals surface area contributed by atoms with E-state index in [1.54, 1.807) is 0 Å². The number of pyridine rings is 1. The predicted molar refractivity (Wildman–Crippen MR) is 64.8 cm³/mol. The third-order valence-corrected chi connectivity index (χ3v) is 3.64. The van der Waals surface area contributed by atoms with Crippen LogP contribution in [0.4, 0.5) is 0 Å². The van der Waals surface area contributed by atoms with E-state index in [0.29, 0.717) is 6.42 Å². The van der Waals surface area contributed by atoms with Crippen LogP contribution in [0.15, 0.2) is 4.79 Å². The van der Waals surface area contributed by atoms with Crippen molar-refractivity contribution in [3.05, 3.63) is 32.7 Å². The standard InChI is InChI=1S/C13H17NO3/c1-3-7(2)11-9-6-4-5-8(9)10(13(16)17)12(15)14-11/h7H,3-6H2,1-2H3,(H,14,15)(H,16,17). The molecule has 0 aromatic carbocycles. The van der Waals surface area contributed by atoms with E-state index < -0.39 is 11.5 Å². The number of carboxylic acids is 1. The Kier molecular flexibility index (Phi) is 3.05. The molecule has 17 heavy (non-hydrogen) atoms. The molecule has 1 aliphatic rings. The molecule has 0 fully saturated rings. The number of hydrogen-bond donors (Lipinski definition) is 2. The molecule has 0 saturated heterocycles. The second kappa shape index (κ2) is 4.35. The fourth-order valence-corrected chi connectivity index (χ4v) is 2.57. The zero-order valence-electron chi connectivity index (χ0n) is 10.2. The number of aromatic amines is 1. The van der Waals surface area contributed by atoms with Crippen LogP contribution in [0.3, 0.4) is 0 Å². The SMILES string of the molecule is CCC(C)c1[nH]c(=O)c(C(=O)O)c2c1CCC2. The first-order valence-corrected chi connectivity index (χ1v) is 6.07. The van der Waals surface area contributed by atoms with Crippen molar-refractivity contribution in [2.45, 2.75) is 45.4 Å². The van der Waals surface area contributed by atoms with Crippen LogP contribution in [0, 0.1) is 0 Å². The summed E-state index contributed by atoms with van der Waals surface area (Å²) < 4.78 is 0. The summed E-state index contributed by atoms with van der Waals surface area (Å²) in [5.41, 5.74) is 2.26. The highest BCUT2D eigenvalue weighted by Crippen LogP contribution is 2.30. The second-order valence-electron chi connectivity index (χ2n) is 4.67. The molecule has 4 heteroatoms. The quantitative estimate of drug-likeness (QED) is 0.842. The van der Waals surface area contributed by atoms with E-state index in [1.807, 2.05) is 0 Å². The topological polar surface area (TPSA) is 70.2 Å². The summed E-state index contributed by atoms with van der Waals surface area (Å²) in [5, 5.41) is 9.10. The van der Waals surface area contributed by atoms with E-state index in [-0.39, 0.29) is 11.5 Å². The maximum atomic E-state index is 11.8. The van der Waals surface area contributed by atoms with E-state index >= 15 is 0 Å². The van der Waals surface area contributed by atoms with Gasteiger partial charge in [0.15, 0.2) is 0 Å². The summed E-state index contributed by atoms with van der Waals surface area (Å²) in [6, 6.07) is 0. The maximum absolute atomic E-state index is 11.8. The summed E-state index contributed by atoms with van der Waals surface area (Å²) in [6.07, 6.45) is 3.47. The van der Waals surface area contributed by atoms with Crippen molar-refractivity contribution in [1.29, 1.82) is 0 Å². The lowest BCUT2D eigenvalue weighted by molar-refractivity contribution is 0.0693. The van der Waals surface area contributed by atoms with Crippen LogP contribution in [-0.2, 0) is 12.8 Å². The lowest BCUT2D eigenvalue weighted by Crippen LogP contribution is -2.23. The fourth-order valence-electron chi connectivity index (χ4n) is 2.57. The van der Waals surface area contributed by atoms with Gasteiger partial charge in [0.05, 0.1) is 0 Å². The third-order valence-electron chi connectivity index (χ3n) is 3.64. The minimum atomic E-state index is -1.11. The number of H-pyrrole nitrogens is 1. The van der Waals surface area contributed by atoms with Gasteiger partial charge in [0.2, 0.25) is 0 Å². The zero-order valence-corrected chi connectivity index (χ0v) is 10.2. The van der Waals surface area contributed by atoms with Gasteiger partial charge >= 0.3 is 5.97 Å². The molecule has 0 bridgehead atoms. The Morgan fingerprint density at radius 3 is 2.65 bits per heavy atom. The number of aromatic nitrogens is 1. The van der Waals surface area contributed by atoms with Gasteiger partial charge in [0.1, 0.15) is 5.56 Å². The van der Waals surface area contributed by atoms with Gasteiger partial charge in [-0.25, -0.2) is 4.79 Å². The lowest BCUT2D eigenvalue weighted by Gasteiger charge is -2.15. The van der Waals surface area contributed by atoms with Crippen LogP contribution in [0.2, 0.25) is 0 Å². The van der Waals surface area contributed by atoms with E-state index in [2.05, 4.69) is 18.8 Å². The minimum Gasteiger partial charge on any atom is -0.477 e. The van der Waals surface area contributed by atoms with Crippen molar-refractivity contribution in [3.63, 3.8) is 0 Å². The molecule has 1 aromatic heterocycles. The smallest absolute Gasteiger partial charge is 0.341 e. The Hall–Kier alpha value is -1.58. The molecule has 4 nitrogen and oxygen atoms in total. The molecular formula is C13H17NO3. The zero-order chi connectivity index (χ0) is 12.6. The van der Waals surface area contributed by atoms with Crippen LogP contribution in [-0.4, -0.2) is 16.1 Å². The van der Waals surface area contributed by atoms with Crippen molar-refractivity contribution in [2.24, 2.45) is 0 Å². The third kappa shape index (κ3) is 1.88. The highest BCUT2D eigenvalue weighted by molar-refractivity contribution is 5.89. The highest BCUT2D eigenvalue weighted by Gasteiger charge is 2.26. The molecule has 0 spiro atoms. The van der Waals surface area contributed by atoms with E-state index in [1.165, 1.54) is 0 Å². The molecule has 0 saturated carbocycles. The second-order valence-corrected chi connectivity index (χ2v) is 4.67. The molecule has 1 heterocycles. The number of carboxylic acid groups (broad SMARTS) is 1. The van der Waals surface area contributed by atoms with Gasteiger partial charge in [0.25, 0.3) is 5.56 Å². The Bertz CT molecular complexity index is 516. The molecule has 2 N–H and O–H groups in total. The Morgan fingerprint density at radius 2 is 2.06 bits per heavy atom. The summed E-state index contributed by atoms with van der Waals surface area (Å²) in [5.74, 6) is -0.836. The van der Waals surface area contributed by atoms with Gasteiger partial charge in [0, 0.05) is 5.69 Å². The average molecular weight is 235 g/mol. The largest absolute Gasteiger partial charge is 0.477 e. The monoisotopic (exact) mass is 235 g/mol. The molecule has 1 aliphatic carbocycles. The Balaban J connectivity index is 2.68. The van der Waals surface area contributed by atoms with Gasteiger partial charge in [-0.05, 0) is 42.7 Å². The normalized spacial score (nSPS) is 15.6. The molecule has 0 amide bonds. The number of nitrogens with one attached hydrogen (secondary N) is 1. The van der Waals surface area contributed by atoms with Crippen molar-refractivity contribution in [2.75, 3.05) is 0 Å². The van der Waals surface area contributed by atoms with Crippen LogP contribution in [0.1, 0.15) is 59.8 Å². The van der Waals surface area contributed by atoms with Crippen LogP contribution in [0.5, 0.6) is 0 Å². The lowest BCUT2D eigenvalue weighted by atomic mass is 9.95. The van der Waals surface area contributed by atoms with Gasteiger partial charge in [-0.15, -0.1) is 0 Å². The Morgan fingerprint density at radius 1 is 1.41 bits per heavy atom. The summed E-state index contributed by atoms with van der Waals surface area (Å²) in [4.78, 5) is 25.7. The van der Waals surface area contributed by atoms with E-state index in [9.17, 15) is 9.59 Å². The molecule has 2 rings (SSSR count). The number of aromatic carboxylic acids is 1. The van der Waals surface area contributed by atoms with Gasteiger partial charge in [-0.1, -0.05) is 13.8 Å². The van der Waals surface area contributed by atoms with Crippen molar-refractivity contribution in [1.82, 2.24) is 4.98 Å². The van der Waals surface area contributed by atoms with Crippen molar-refractivity contribution in [3.8, 4) is 0 Å². The highest BCUT2D eigenvalue weighted by atomic mass is 16.4. The predicted octanol–water partition coefficient (Wildman–Crippen LogP) is 2.08. The van der Waals surface area contributed by atoms with Gasteiger partial charge in [-0.2, -0.15) is 0 Å². The first-order valence-electron chi connectivity index (χ1n) is 6.07. The summed E-state index contributed by atoms with van der Waals surface area (Å²) in [6.45, 7) is 4.12. The van der Waals surface area contributed by atoms with Gasteiger partial charge in [-0.3, -0.25) is 4.79 Å². The molecule has 1 atom stereocenters. The van der Waals surface area contributed by atoms with Gasteiger partial charge < -0.3 is 10.1 Å². The van der Waals surface area contributed by atoms with E-state index in [4.69, 9.17) is 5.11 Å². The Labute approximate surface area is 99.7 Å². The fraction of sp³-hybridized carbons (Fsp3) is 0.538. The van der Waals surface area contributed by atoms with Crippen LogP contribution < -0.4 is 5.56 Å². The molecule has 1 unspecified atom stereocenters. The first kappa shape index (κ1) is 11.9. The summed E-state index contributed by atoms with van der Waals surface area (Å²) >= 11 is 0. The number of carbonyl (C=O) groups is 1. The van der Waals surface area contributed by atoms with E-state index in [0.717, 1.165) is 36.1 Å². The minimum absolute atomic E-state index is 0.0513. The van der Waals surface area contributed by atoms with Crippen molar-refractivity contribution >= 4 is 5.97 Å². The molecule has 92 valence electrons. The van der Waals surface area contributed by atoms with Crippen molar-refractivity contribution < 1.29 is 9.90 Å². The number of rotatable bonds is 3. The number of fused-ring (bicyclic) bond motifs is 1. The molecular weight excluding hydrogens is 218 g/mol. The average Bonchev–Trinajstić information content (AvgIpc) is 2.74. The molecule has 0 aliphatic heterocycles. The van der Waals surface area contributed by atoms with Crippen LogP contribution >= 0.6 is 0 Å². The number of hydrogen-bond acceptors (Lipinski definition) is 2. The molecule has 0 radical (unpaired) electrons.